The zero-order valence-electron chi connectivity index (χ0n) is 16.3. The normalized spacial score (nSPS) is 18.2. The van der Waals surface area contributed by atoms with Gasteiger partial charge in [0, 0.05) is 0 Å². The molecule has 0 aromatic rings. The summed E-state index contributed by atoms with van der Waals surface area (Å²) in [7, 11) is 0. The monoisotopic (exact) mass is 442 g/mol. The first-order valence-corrected chi connectivity index (χ1v) is 13.1. The number of hydrogen-bond acceptors (Lipinski definition) is 2. The van der Waals surface area contributed by atoms with Crippen molar-refractivity contribution in [3.05, 3.63) is 0 Å². The van der Waals surface area contributed by atoms with Gasteiger partial charge in [-0.25, -0.2) is 0 Å². The van der Waals surface area contributed by atoms with E-state index in [2.05, 4.69) is 30.6 Å². The van der Waals surface area contributed by atoms with Gasteiger partial charge in [0.15, 0.2) is 0 Å². The van der Waals surface area contributed by atoms with Crippen molar-refractivity contribution in [2.45, 2.75) is 108 Å². The molecule has 1 unspecified atom stereocenters. The van der Waals surface area contributed by atoms with Crippen molar-refractivity contribution in [2.75, 3.05) is 13.2 Å². The van der Waals surface area contributed by atoms with Crippen LogP contribution >= 0.6 is 0 Å². The van der Waals surface area contributed by atoms with Gasteiger partial charge in [-0.05, 0) is 0 Å². The van der Waals surface area contributed by atoms with Crippen molar-refractivity contribution in [1.82, 2.24) is 0 Å². The fourth-order valence-electron chi connectivity index (χ4n) is 3.30. The van der Waals surface area contributed by atoms with Crippen LogP contribution in [-0.4, -0.2) is 40.6 Å². The quantitative estimate of drug-likeness (QED) is 0.276. The van der Waals surface area contributed by atoms with Crippen LogP contribution in [0.15, 0.2) is 0 Å². The molecule has 1 rings (SSSR count). The van der Waals surface area contributed by atoms with E-state index >= 15 is 0 Å². The average Bonchev–Trinajstić information content (AvgIpc) is 2.63. The number of ether oxygens (including phenoxy) is 2. The van der Waals surface area contributed by atoms with Crippen LogP contribution in [0.5, 0.6) is 0 Å². The Hall–Kier alpha value is 0.279. The molecule has 138 valence electrons. The third kappa shape index (κ3) is 9.68. The molecule has 0 spiro atoms. The molecular formula is C21H38O2Sn. The molecule has 1 fully saturated rings. The summed E-state index contributed by atoms with van der Waals surface area (Å²) >= 11 is -0.690. The second kappa shape index (κ2) is 14.4. The molecule has 0 aromatic heterocycles. The number of hydrogen-bond donors (Lipinski definition) is 0. The van der Waals surface area contributed by atoms with Gasteiger partial charge in [-0.3, -0.25) is 0 Å². The van der Waals surface area contributed by atoms with Gasteiger partial charge in [-0.1, -0.05) is 0 Å². The molecule has 0 aromatic carbocycles. The van der Waals surface area contributed by atoms with E-state index in [-0.39, 0.29) is 6.29 Å². The van der Waals surface area contributed by atoms with Crippen molar-refractivity contribution in [2.24, 2.45) is 0 Å². The SMILES string of the molecule is CCCC[C](CCCC)(CCCC)[Sn][C]#CCOC1CCCCO1. The van der Waals surface area contributed by atoms with Crippen LogP contribution in [0.1, 0.15) is 97.8 Å². The number of rotatable bonds is 12. The molecule has 1 aliphatic rings. The topological polar surface area (TPSA) is 18.5 Å². The second-order valence-electron chi connectivity index (χ2n) is 7.12. The van der Waals surface area contributed by atoms with Crippen molar-refractivity contribution in [3.63, 3.8) is 0 Å². The molecule has 2 radical (unpaired) electrons. The minimum absolute atomic E-state index is 0.00322. The van der Waals surface area contributed by atoms with Crippen LogP contribution < -0.4 is 0 Å². The van der Waals surface area contributed by atoms with Gasteiger partial charge in [-0.2, -0.15) is 0 Å². The van der Waals surface area contributed by atoms with Gasteiger partial charge in [0.1, 0.15) is 0 Å². The maximum absolute atomic E-state index is 5.77. The summed E-state index contributed by atoms with van der Waals surface area (Å²) in [5.74, 6) is 3.34. The van der Waals surface area contributed by atoms with Crippen LogP contribution in [0, 0.1) is 9.86 Å². The molecule has 0 amide bonds. The van der Waals surface area contributed by atoms with Crippen LogP contribution in [0.25, 0.3) is 0 Å². The molecule has 1 heterocycles. The van der Waals surface area contributed by atoms with Crippen LogP contribution in [0.2, 0.25) is 3.43 Å². The Balaban J connectivity index is 2.49. The van der Waals surface area contributed by atoms with Gasteiger partial charge in [0.2, 0.25) is 0 Å². The van der Waals surface area contributed by atoms with Gasteiger partial charge in [-0.15, -0.1) is 0 Å². The Bertz CT molecular complexity index is 331. The third-order valence-corrected chi connectivity index (χ3v) is 9.44. The molecular weight excluding hydrogens is 403 g/mol. The summed E-state index contributed by atoms with van der Waals surface area (Å²) in [5, 5.41) is 0. The molecule has 1 atom stereocenters. The summed E-state index contributed by atoms with van der Waals surface area (Å²) in [4.78, 5) is 0. The molecule has 0 aliphatic carbocycles. The zero-order valence-corrected chi connectivity index (χ0v) is 19.1. The molecule has 1 saturated heterocycles. The summed E-state index contributed by atoms with van der Waals surface area (Å²) in [5.41, 5.74) is 0. The predicted octanol–water partition coefficient (Wildman–Crippen LogP) is 5.92. The van der Waals surface area contributed by atoms with E-state index < -0.39 is 21.1 Å². The summed E-state index contributed by atoms with van der Waals surface area (Å²) < 4.78 is 15.6. The first-order valence-electron chi connectivity index (χ1n) is 10.2. The van der Waals surface area contributed by atoms with Gasteiger partial charge in [0.05, 0.1) is 0 Å². The van der Waals surface area contributed by atoms with Crippen molar-refractivity contribution >= 4 is 21.1 Å². The molecule has 24 heavy (non-hydrogen) atoms. The summed E-state index contributed by atoms with van der Waals surface area (Å²) in [6.07, 6.45) is 15.8. The van der Waals surface area contributed by atoms with Crippen LogP contribution in [-0.2, 0) is 9.47 Å². The van der Waals surface area contributed by atoms with Crippen molar-refractivity contribution < 1.29 is 9.47 Å². The van der Waals surface area contributed by atoms with E-state index in [1.165, 1.54) is 70.6 Å². The van der Waals surface area contributed by atoms with Crippen LogP contribution in [0.3, 0.4) is 0 Å². The van der Waals surface area contributed by atoms with E-state index in [1.807, 2.05) is 0 Å². The second-order valence-corrected chi connectivity index (χ2v) is 11.6. The third-order valence-electron chi connectivity index (χ3n) is 4.92. The molecule has 1 aliphatic heterocycles. The maximum atomic E-state index is 5.77. The van der Waals surface area contributed by atoms with E-state index in [0.29, 0.717) is 10.0 Å². The first-order chi connectivity index (χ1) is 11.8. The Morgan fingerprint density at radius 3 is 2.12 bits per heavy atom. The Morgan fingerprint density at radius 2 is 1.62 bits per heavy atom. The average molecular weight is 441 g/mol. The zero-order chi connectivity index (χ0) is 17.5. The van der Waals surface area contributed by atoms with E-state index in [9.17, 15) is 0 Å². The Labute approximate surface area is 161 Å². The van der Waals surface area contributed by atoms with E-state index in [4.69, 9.17) is 9.47 Å². The van der Waals surface area contributed by atoms with E-state index in [0.717, 1.165) is 13.0 Å². The fourth-order valence-corrected chi connectivity index (χ4v) is 7.10. The van der Waals surface area contributed by atoms with Crippen molar-refractivity contribution in [3.8, 4) is 9.86 Å². The van der Waals surface area contributed by atoms with Gasteiger partial charge in [0.25, 0.3) is 0 Å². The standard InChI is InChI=1S/C13H27.C8H11O2.Sn/c1-4-7-10-13(11-8-5-2)12-9-6-3;1-2-6-9-8-5-3-4-7-10-8;/h4-12H2,1-3H3;8H,3-7H2;. The molecule has 0 saturated carbocycles. The minimum atomic E-state index is -0.690. The summed E-state index contributed by atoms with van der Waals surface area (Å²) in [6, 6.07) is 0. The molecule has 2 nitrogen and oxygen atoms in total. The molecule has 3 heteroatoms. The first kappa shape index (κ1) is 22.3. The Kier molecular flexibility index (Phi) is 13.4. The molecule has 0 bridgehead atoms. The fraction of sp³-hybridized carbons (Fsp3) is 0.905. The van der Waals surface area contributed by atoms with Gasteiger partial charge < -0.3 is 0 Å². The summed E-state index contributed by atoms with van der Waals surface area (Å²) in [6.45, 7) is 8.37. The Morgan fingerprint density at radius 1 is 1.00 bits per heavy atom. The molecule has 0 N–H and O–H groups in total. The van der Waals surface area contributed by atoms with Gasteiger partial charge >= 0.3 is 161 Å². The van der Waals surface area contributed by atoms with E-state index in [1.54, 1.807) is 0 Å². The van der Waals surface area contributed by atoms with Crippen LogP contribution in [0.4, 0.5) is 0 Å². The number of unbranched alkanes of at least 4 members (excludes halogenated alkanes) is 3. The predicted molar refractivity (Wildman–Crippen MR) is 104 cm³/mol. The van der Waals surface area contributed by atoms with Crippen molar-refractivity contribution in [1.29, 1.82) is 0 Å².